The highest BCUT2D eigenvalue weighted by Gasteiger charge is 1.96. The maximum absolute atomic E-state index is 8.64. The minimum absolute atomic E-state index is 0.0521. The molecule has 1 heterocycles. The van der Waals surface area contributed by atoms with Crippen molar-refractivity contribution in [1.29, 1.82) is 0 Å². The molecule has 0 fully saturated rings. The van der Waals surface area contributed by atoms with Crippen LogP contribution in [0.3, 0.4) is 0 Å². The Hall–Kier alpha value is -1.87. The largest absolute Gasteiger partial charge is 0.392 e. The molecular formula is C12H12N2O. The van der Waals surface area contributed by atoms with Crippen molar-refractivity contribution < 1.29 is 5.11 Å². The molecule has 3 heteroatoms. The number of nitrogens with zero attached hydrogens (tertiary/aromatic N) is 2. The first-order valence-corrected chi connectivity index (χ1v) is 4.77. The third-order valence-corrected chi connectivity index (χ3v) is 2.04. The molecule has 0 aliphatic rings. The molecule has 0 atom stereocenters. The van der Waals surface area contributed by atoms with Crippen LogP contribution in [0.1, 0.15) is 5.56 Å². The number of benzene rings is 1. The maximum atomic E-state index is 8.64. The van der Waals surface area contributed by atoms with E-state index in [0.29, 0.717) is 0 Å². The van der Waals surface area contributed by atoms with E-state index in [1.807, 2.05) is 42.6 Å². The Morgan fingerprint density at radius 1 is 1.27 bits per heavy atom. The highest BCUT2D eigenvalue weighted by molar-refractivity contribution is 5.48. The molecule has 1 N–H and O–H groups in total. The lowest BCUT2D eigenvalue weighted by atomic mass is 10.3. The van der Waals surface area contributed by atoms with E-state index in [2.05, 4.69) is 5.10 Å². The summed E-state index contributed by atoms with van der Waals surface area (Å²) in [4.78, 5) is 0. The zero-order chi connectivity index (χ0) is 10.5. The maximum Gasteiger partial charge on any atom is 0.0645 e. The predicted octanol–water partition coefficient (Wildman–Crippen LogP) is 1.88. The normalized spacial score (nSPS) is 11.0. The molecule has 3 nitrogen and oxygen atoms in total. The van der Waals surface area contributed by atoms with Gasteiger partial charge in [0.25, 0.3) is 0 Å². The van der Waals surface area contributed by atoms with Gasteiger partial charge in [-0.05, 0) is 12.1 Å². The second kappa shape index (κ2) is 4.57. The third-order valence-electron chi connectivity index (χ3n) is 2.04. The average Bonchev–Trinajstić information content (AvgIpc) is 2.76. The fourth-order valence-electron chi connectivity index (χ4n) is 1.33. The minimum Gasteiger partial charge on any atom is -0.392 e. The van der Waals surface area contributed by atoms with Crippen LogP contribution < -0.4 is 0 Å². The molecule has 1 aromatic carbocycles. The SMILES string of the molecule is OC/C=C/c1cnn(-c2ccccc2)c1. The molecule has 0 aliphatic carbocycles. The second-order valence-electron chi connectivity index (χ2n) is 3.14. The summed E-state index contributed by atoms with van der Waals surface area (Å²) < 4.78 is 1.80. The fraction of sp³-hybridized carbons (Fsp3) is 0.0833. The third kappa shape index (κ3) is 2.33. The Kier molecular flexibility index (Phi) is 2.95. The zero-order valence-electron chi connectivity index (χ0n) is 8.24. The Balaban J connectivity index is 2.24. The van der Waals surface area contributed by atoms with Gasteiger partial charge < -0.3 is 5.11 Å². The number of aliphatic hydroxyl groups is 1. The molecule has 15 heavy (non-hydrogen) atoms. The molecule has 0 radical (unpaired) electrons. The van der Waals surface area contributed by atoms with E-state index in [0.717, 1.165) is 11.3 Å². The highest BCUT2D eigenvalue weighted by atomic mass is 16.2. The highest BCUT2D eigenvalue weighted by Crippen LogP contribution is 2.08. The van der Waals surface area contributed by atoms with E-state index in [9.17, 15) is 0 Å². The molecule has 2 aromatic rings. The van der Waals surface area contributed by atoms with Gasteiger partial charge in [-0.2, -0.15) is 5.10 Å². The molecule has 2 rings (SSSR count). The summed E-state index contributed by atoms with van der Waals surface area (Å²) in [7, 11) is 0. The number of para-hydroxylation sites is 1. The van der Waals surface area contributed by atoms with Gasteiger partial charge in [-0.3, -0.25) is 0 Å². The summed E-state index contributed by atoms with van der Waals surface area (Å²) in [5.74, 6) is 0. The Bertz CT molecular complexity index is 446. The number of hydrogen-bond donors (Lipinski definition) is 1. The van der Waals surface area contributed by atoms with Crippen molar-refractivity contribution >= 4 is 6.08 Å². The van der Waals surface area contributed by atoms with E-state index < -0.39 is 0 Å². The minimum atomic E-state index is 0.0521. The van der Waals surface area contributed by atoms with Crippen molar-refractivity contribution in [1.82, 2.24) is 9.78 Å². The average molecular weight is 200 g/mol. The molecule has 0 unspecified atom stereocenters. The van der Waals surface area contributed by atoms with Crippen molar-refractivity contribution in [2.45, 2.75) is 0 Å². The van der Waals surface area contributed by atoms with Crippen LogP contribution in [0.2, 0.25) is 0 Å². The number of aliphatic hydroxyl groups excluding tert-OH is 1. The smallest absolute Gasteiger partial charge is 0.0645 e. The monoisotopic (exact) mass is 200 g/mol. The van der Waals surface area contributed by atoms with E-state index in [1.165, 1.54) is 0 Å². The summed E-state index contributed by atoms with van der Waals surface area (Å²) in [6.07, 6.45) is 7.21. The topological polar surface area (TPSA) is 38.1 Å². The number of hydrogen-bond acceptors (Lipinski definition) is 2. The number of aromatic nitrogens is 2. The molecule has 76 valence electrons. The summed E-state index contributed by atoms with van der Waals surface area (Å²) in [5.41, 5.74) is 2.01. The van der Waals surface area contributed by atoms with Gasteiger partial charge in [0.05, 0.1) is 18.5 Å². The van der Waals surface area contributed by atoms with Crippen molar-refractivity contribution in [2.24, 2.45) is 0 Å². The van der Waals surface area contributed by atoms with Crippen LogP contribution in [0.25, 0.3) is 11.8 Å². The lowest BCUT2D eigenvalue weighted by Gasteiger charge is -1.98. The molecule has 0 saturated carbocycles. The molecule has 0 saturated heterocycles. The van der Waals surface area contributed by atoms with Crippen LogP contribution in [0.5, 0.6) is 0 Å². The molecule has 0 amide bonds. The lowest BCUT2D eigenvalue weighted by Crippen LogP contribution is -1.92. The van der Waals surface area contributed by atoms with Crippen LogP contribution >= 0.6 is 0 Å². The van der Waals surface area contributed by atoms with Gasteiger partial charge in [-0.25, -0.2) is 4.68 Å². The molecule has 0 bridgehead atoms. The standard InChI is InChI=1S/C12H12N2O/c15-8-4-5-11-9-13-14(10-11)12-6-2-1-3-7-12/h1-7,9-10,15H,8H2/b5-4+. The van der Waals surface area contributed by atoms with Crippen LogP contribution in [0, 0.1) is 0 Å². The molecule has 1 aromatic heterocycles. The summed E-state index contributed by atoms with van der Waals surface area (Å²) in [6, 6.07) is 9.90. The molecule has 0 spiro atoms. The van der Waals surface area contributed by atoms with Crippen molar-refractivity contribution in [3.63, 3.8) is 0 Å². The van der Waals surface area contributed by atoms with Crippen molar-refractivity contribution in [3.8, 4) is 5.69 Å². The fourth-order valence-corrected chi connectivity index (χ4v) is 1.33. The second-order valence-corrected chi connectivity index (χ2v) is 3.14. The van der Waals surface area contributed by atoms with Crippen LogP contribution in [0.15, 0.2) is 48.8 Å². The van der Waals surface area contributed by atoms with E-state index >= 15 is 0 Å². The van der Waals surface area contributed by atoms with E-state index in [-0.39, 0.29) is 6.61 Å². The van der Waals surface area contributed by atoms with Gasteiger partial charge in [-0.1, -0.05) is 30.4 Å². The van der Waals surface area contributed by atoms with Crippen LogP contribution in [-0.4, -0.2) is 21.5 Å². The predicted molar refractivity (Wildman–Crippen MR) is 59.7 cm³/mol. The molecular weight excluding hydrogens is 188 g/mol. The molecule has 0 aliphatic heterocycles. The Morgan fingerprint density at radius 2 is 2.07 bits per heavy atom. The van der Waals surface area contributed by atoms with Gasteiger partial charge in [0.2, 0.25) is 0 Å². The van der Waals surface area contributed by atoms with E-state index in [4.69, 9.17) is 5.11 Å². The summed E-state index contributed by atoms with van der Waals surface area (Å²) in [5, 5.41) is 12.9. The van der Waals surface area contributed by atoms with Crippen LogP contribution in [-0.2, 0) is 0 Å². The Labute approximate surface area is 88.3 Å². The zero-order valence-corrected chi connectivity index (χ0v) is 8.24. The van der Waals surface area contributed by atoms with Gasteiger partial charge in [0, 0.05) is 11.8 Å². The van der Waals surface area contributed by atoms with Gasteiger partial charge in [0.15, 0.2) is 0 Å². The van der Waals surface area contributed by atoms with Crippen LogP contribution in [0.4, 0.5) is 0 Å². The number of rotatable bonds is 3. The first-order chi connectivity index (χ1) is 7.40. The quantitative estimate of drug-likeness (QED) is 0.821. The lowest BCUT2D eigenvalue weighted by molar-refractivity contribution is 0.343. The first kappa shape index (κ1) is 9.68. The Morgan fingerprint density at radius 3 is 2.80 bits per heavy atom. The van der Waals surface area contributed by atoms with Crippen molar-refractivity contribution in [2.75, 3.05) is 6.61 Å². The summed E-state index contributed by atoms with van der Waals surface area (Å²) >= 11 is 0. The van der Waals surface area contributed by atoms with Gasteiger partial charge >= 0.3 is 0 Å². The van der Waals surface area contributed by atoms with Gasteiger partial charge in [-0.15, -0.1) is 0 Å². The first-order valence-electron chi connectivity index (χ1n) is 4.77. The van der Waals surface area contributed by atoms with Gasteiger partial charge in [0.1, 0.15) is 0 Å². The van der Waals surface area contributed by atoms with E-state index in [1.54, 1.807) is 17.0 Å². The van der Waals surface area contributed by atoms with Crippen molar-refractivity contribution in [3.05, 3.63) is 54.4 Å². The summed E-state index contributed by atoms with van der Waals surface area (Å²) in [6.45, 7) is 0.0521.